The molecule has 0 saturated carbocycles. The van der Waals surface area contributed by atoms with Gasteiger partial charge < -0.3 is 9.47 Å². The van der Waals surface area contributed by atoms with Gasteiger partial charge in [0.2, 0.25) is 5.78 Å². The van der Waals surface area contributed by atoms with Crippen molar-refractivity contribution < 1.29 is 18.7 Å². The molecule has 0 atom stereocenters. The number of benzene rings is 3. The molecule has 0 fully saturated rings. The maximum Gasteiger partial charge on any atom is 0.232 e. The van der Waals surface area contributed by atoms with E-state index in [1.807, 2.05) is 25.1 Å². The Bertz CT molecular complexity index is 1240. The number of halogens is 2. The number of ether oxygens (including phenoxy) is 2. The van der Waals surface area contributed by atoms with E-state index in [9.17, 15) is 9.18 Å². The molecule has 0 radical (unpaired) electrons. The first kappa shape index (κ1) is 20.7. The standard InChI is InChI=1S/C26H21ClFNO3/c1-16-11-22-21(14-29(15-31-22)10-9-17-5-7-20(28)8-6-17)26-24(16)25(30)23(32-26)13-18-3-2-4-19(27)12-18/h2-8,11-13H,9-10,14-15H2,1H3/b23-13+. The molecule has 0 N–H and O–H groups in total. The number of aryl methyl sites for hydroxylation is 1. The molecule has 0 aliphatic carbocycles. The number of carbonyl (C=O) groups is 1. The molecule has 3 aromatic carbocycles. The monoisotopic (exact) mass is 449 g/mol. The Morgan fingerprint density at radius 3 is 2.75 bits per heavy atom. The highest BCUT2D eigenvalue weighted by Gasteiger charge is 2.35. The lowest BCUT2D eigenvalue weighted by Crippen LogP contribution is -2.33. The lowest BCUT2D eigenvalue weighted by atomic mass is 9.98. The van der Waals surface area contributed by atoms with Crippen LogP contribution in [-0.4, -0.2) is 24.0 Å². The fourth-order valence-electron chi connectivity index (χ4n) is 4.11. The summed E-state index contributed by atoms with van der Waals surface area (Å²) in [6, 6.07) is 15.7. The van der Waals surface area contributed by atoms with E-state index in [0.29, 0.717) is 29.6 Å². The molecule has 2 heterocycles. The SMILES string of the molecule is Cc1cc2c(c3c1C(=O)/C(=C\c1cccc(Cl)c1)O3)CN(CCc1ccc(F)cc1)CO2. The highest BCUT2D eigenvalue weighted by molar-refractivity contribution is 6.30. The average molecular weight is 450 g/mol. The fraction of sp³-hybridized carbons (Fsp3) is 0.192. The van der Waals surface area contributed by atoms with Gasteiger partial charge in [0.15, 0.2) is 5.76 Å². The Hall–Kier alpha value is -3.15. The van der Waals surface area contributed by atoms with Crippen molar-refractivity contribution in [3.63, 3.8) is 0 Å². The molecular weight excluding hydrogens is 429 g/mol. The van der Waals surface area contributed by atoms with E-state index < -0.39 is 0 Å². The summed E-state index contributed by atoms with van der Waals surface area (Å²) in [5, 5.41) is 0.598. The maximum absolute atomic E-state index is 13.1. The molecule has 0 saturated heterocycles. The highest BCUT2D eigenvalue weighted by Crippen LogP contribution is 2.44. The van der Waals surface area contributed by atoms with Crippen LogP contribution in [-0.2, 0) is 13.0 Å². The van der Waals surface area contributed by atoms with Crippen LogP contribution in [0, 0.1) is 12.7 Å². The van der Waals surface area contributed by atoms with Gasteiger partial charge in [-0.1, -0.05) is 35.9 Å². The summed E-state index contributed by atoms with van der Waals surface area (Å²) in [7, 11) is 0. The summed E-state index contributed by atoms with van der Waals surface area (Å²) in [6.45, 7) is 3.70. The van der Waals surface area contributed by atoms with Gasteiger partial charge in [-0.15, -0.1) is 0 Å². The first-order valence-corrected chi connectivity index (χ1v) is 10.8. The van der Waals surface area contributed by atoms with Crippen molar-refractivity contribution in [1.82, 2.24) is 4.90 Å². The third kappa shape index (κ3) is 4.01. The summed E-state index contributed by atoms with van der Waals surface area (Å²) >= 11 is 6.08. The summed E-state index contributed by atoms with van der Waals surface area (Å²) in [5.74, 6) is 1.23. The van der Waals surface area contributed by atoms with Crippen molar-refractivity contribution in [2.45, 2.75) is 19.9 Å². The van der Waals surface area contributed by atoms with E-state index in [1.54, 1.807) is 30.3 Å². The molecular formula is C26H21ClFNO3. The summed E-state index contributed by atoms with van der Waals surface area (Å²) < 4.78 is 25.2. The highest BCUT2D eigenvalue weighted by atomic mass is 35.5. The van der Waals surface area contributed by atoms with Crippen LogP contribution >= 0.6 is 11.6 Å². The molecule has 5 rings (SSSR count). The molecule has 162 valence electrons. The largest absolute Gasteiger partial charge is 0.478 e. The minimum absolute atomic E-state index is 0.135. The van der Waals surface area contributed by atoms with Crippen LogP contribution in [0.2, 0.25) is 5.02 Å². The first-order valence-electron chi connectivity index (χ1n) is 10.4. The number of fused-ring (bicyclic) bond motifs is 3. The van der Waals surface area contributed by atoms with Gasteiger partial charge in [-0.2, -0.15) is 0 Å². The molecule has 4 nitrogen and oxygen atoms in total. The molecule has 2 aliphatic heterocycles. The molecule has 0 spiro atoms. The third-order valence-corrected chi connectivity index (χ3v) is 6.00. The second kappa shape index (κ2) is 8.41. The molecule has 0 unspecified atom stereocenters. The predicted molar refractivity (Wildman–Crippen MR) is 122 cm³/mol. The molecule has 0 amide bonds. The van der Waals surface area contributed by atoms with Crippen LogP contribution in [0.3, 0.4) is 0 Å². The van der Waals surface area contributed by atoms with Gasteiger partial charge in [0.25, 0.3) is 0 Å². The van der Waals surface area contributed by atoms with Crippen LogP contribution in [0.1, 0.15) is 32.6 Å². The van der Waals surface area contributed by atoms with Crippen LogP contribution in [0.4, 0.5) is 4.39 Å². The van der Waals surface area contributed by atoms with Crippen molar-refractivity contribution in [3.8, 4) is 11.5 Å². The van der Waals surface area contributed by atoms with Gasteiger partial charge in [0, 0.05) is 18.1 Å². The Balaban J connectivity index is 1.39. The molecule has 0 bridgehead atoms. The zero-order valence-corrected chi connectivity index (χ0v) is 18.3. The van der Waals surface area contributed by atoms with Gasteiger partial charge in [0.05, 0.1) is 11.1 Å². The van der Waals surface area contributed by atoms with Crippen LogP contribution in [0.5, 0.6) is 11.5 Å². The second-order valence-corrected chi connectivity index (χ2v) is 8.51. The average Bonchev–Trinajstić information content (AvgIpc) is 3.10. The van der Waals surface area contributed by atoms with E-state index in [4.69, 9.17) is 21.1 Å². The molecule has 6 heteroatoms. The normalized spacial score (nSPS) is 16.5. The van der Waals surface area contributed by atoms with E-state index in [2.05, 4.69) is 4.90 Å². The summed E-state index contributed by atoms with van der Waals surface area (Å²) in [4.78, 5) is 15.2. The maximum atomic E-state index is 13.1. The Morgan fingerprint density at radius 2 is 1.97 bits per heavy atom. The fourth-order valence-corrected chi connectivity index (χ4v) is 4.30. The van der Waals surface area contributed by atoms with Crippen LogP contribution in [0.25, 0.3) is 6.08 Å². The second-order valence-electron chi connectivity index (χ2n) is 8.07. The van der Waals surface area contributed by atoms with Crippen LogP contribution < -0.4 is 9.47 Å². The number of nitrogens with zero attached hydrogens (tertiary/aromatic N) is 1. The van der Waals surface area contributed by atoms with Gasteiger partial charge in [-0.3, -0.25) is 9.69 Å². The number of carbonyl (C=O) groups excluding carboxylic acids is 1. The van der Waals surface area contributed by atoms with Gasteiger partial charge in [-0.25, -0.2) is 4.39 Å². The lowest BCUT2D eigenvalue weighted by molar-refractivity contribution is 0.0949. The van der Waals surface area contributed by atoms with E-state index in [-0.39, 0.29) is 17.4 Å². The number of rotatable bonds is 4. The van der Waals surface area contributed by atoms with E-state index >= 15 is 0 Å². The molecule has 3 aromatic rings. The minimum atomic E-state index is -0.238. The first-order chi connectivity index (χ1) is 15.5. The number of hydrogen-bond acceptors (Lipinski definition) is 4. The number of hydrogen-bond donors (Lipinski definition) is 0. The Labute approximate surface area is 190 Å². The van der Waals surface area contributed by atoms with Gasteiger partial charge in [0.1, 0.15) is 24.0 Å². The number of ketones is 1. The Morgan fingerprint density at radius 1 is 1.16 bits per heavy atom. The zero-order chi connectivity index (χ0) is 22.2. The van der Waals surface area contributed by atoms with Crippen molar-refractivity contribution in [2.75, 3.05) is 13.3 Å². The van der Waals surface area contributed by atoms with Crippen molar-refractivity contribution in [3.05, 3.63) is 99.0 Å². The summed E-state index contributed by atoms with van der Waals surface area (Å²) in [6.07, 6.45) is 2.49. The molecule has 32 heavy (non-hydrogen) atoms. The van der Waals surface area contributed by atoms with Gasteiger partial charge >= 0.3 is 0 Å². The molecule has 2 aliphatic rings. The van der Waals surface area contributed by atoms with Gasteiger partial charge in [-0.05, 0) is 66.4 Å². The zero-order valence-electron chi connectivity index (χ0n) is 17.5. The number of Topliss-reactive ketones (excluding diaryl/α,β-unsaturated/α-hetero) is 1. The summed E-state index contributed by atoms with van der Waals surface area (Å²) in [5.41, 5.74) is 4.15. The smallest absolute Gasteiger partial charge is 0.232 e. The van der Waals surface area contributed by atoms with E-state index in [0.717, 1.165) is 41.0 Å². The van der Waals surface area contributed by atoms with Crippen LogP contribution in [0.15, 0.2) is 60.4 Å². The lowest BCUT2D eigenvalue weighted by Gasteiger charge is -2.30. The van der Waals surface area contributed by atoms with E-state index in [1.165, 1.54) is 12.1 Å². The topological polar surface area (TPSA) is 38.8 Å². The predicted octanol–water partition coefficient (Wildman–Crippen LogP) is 5.80. The number of allylic oxidation sites excluding steroid dienone is 1. The van der Waals surface area contributed by atoms with Crippen molar-refractivity contribution in [2.24, 2.45) is 0 Å². The third-order valence-electron chi connectivity index (χ3n) is 5.76. The van der Waals surface area contributed by atoms with Crippen molar-refractivity contribution >= 4 is 23.5 Å². The Kier molecular flexibility index (Phi) is 5.45. The molecule has 0 aromatic heterocycles. The van der Waals surface area contributed by atoms with Crippen molar-refractivity contribution in [1.29, 1.82) is 0 Å². The quantitative estimate of drug-likeness (QED) is 0.472. The minimum Gasteiger partial charge on any atom is -0.478 e.